The van der Waals surface area contributed by atoms with Crippen LogP contribution in [0.25, 0.3) is 132 Å². The minimum Gasteiger partial charge on any atom is -0.456 e. The average molecular weight is 1120 g/mol. The Bertz CT molecular complexity index is 5600. The van der Waals surface area contributed by atoms with E-state index < -0.39 is 0 Å². The van der Waals surface area contributed by atoms with Crippen LogP contribution in [-0.2, 0) is 22.7 Å². The zero-order chi connectivity index (χ0) is 59.2. The molecule has 16 rings (SSSR count). The van der Waals surface area contributed by atoms with Gasteiger partial charge in [0, 0.05) is 67.3 Å². The van der Waals surface area contributed by atoms with E-state index in [9.17, 15) is 4.79 Å². The van der Waals surface area contributed by atoms with Gasteiger partial charge < -0.3 is 22.4 Å². The molecule has 0 spiro atoms. The number of benzene rings is 10. The molecule has 0 aliphatic heterocycles. The first-order valence-corrected chi connectivity index (χ1v) is 30.4. The molecule has 86 heavy (non-hydrogen) atoms. The van der Waals surface area contributed by atoms with Gasteiger partial charge in [-0.3, -0.25) is 9.59 Å². The number of hydrogen-bond acceptors (Lipinski definition) is 5. The van der Waals surface area contributed by atoms with Gasteiger partial charge in [0.1, 0.15) is 33.5 Å². The molecule has 0 saturated carbocycles. The Hall–Kier alpha value is -9.46. The molecule has 7 nitrogen and oxygen atoms in total. The topological polar surface area (TPSA) is 83.4 Å². The van der Waals surface area contributed by atoms with Gasteiger partial charge in [-0.15, -0.1) is 0 Å². The van der Waals surface area contributed by atoms with Gasteiger partial charge >= 0.3 is 0 Å². The number of para-hydroxylation sites is 2. The van der Waals surface area contributed by atoms with Gasteiger partial charge in [-0.1, -0.05) is 173 Å². The second-order valence-electron chi connectivity index (χ2n) is 27.4. The van der Waals surface area contributed by atoms with Crippen molar-refractivity contribution in [2.45, 2.75) is 111 Å². The Labute approximate surface area is 497 Å². The first-order valence-electron chi connectivity index (χ1n) is 30.4. The molecule has 0 amide bonds. The number of rotatable bonds is 6. The van der Waals surface area contributed by atoms with E-state index in [1.165, 1.54) is 27.6 Å². The van der Waals surface area contributed by atoms with Crippen LogP contribution in [0.5, 0.6) is 0 Å². The van der Waals surface area contributed by atoms with E-state index in [1.54, 1.807) is 0 Å². The van der Waals surface area contributed by atoms with Crippen LogP contribution < -0.4 is 10.9 Å². The van der Waals surface area contributed by atoms with Crippen LogP contribution in [0, 0.1) is 0 Å². The SMILES string of the molecule is CC(C)c1ccc(C(C)Cc2ccc3c4c5c(ccc4n(-c4ccc6c(=O)c7c(C(C)(C)C)cc(C(C)(C)C)cc7oc6c4)c3c2)-c2ccccc2C5(C)C)c2c(=O)c3ccc(-n4c5ccccc5c5cc6c(cc54)oc4ccccc46)cc3oc12. The summed E-state index contributed by atoms with van der Waals surface area (Å²) in [5.41, 5.74) is 19.7. The lowest BCUT2D eigenvalue weighted by Crippen LogP contribution is -2.19. The number of furan rings is 1. The van der Waals surface area contributed by atoms with E-state index in [0.29, 0.717) is 50.3 Å². The summed E-state index contributed by atoms with van der Waals surface area (Å²) in [4.78, 5) is 30.2. The number of hydrogen-bond donors (Lipinski definition) is 0. The van der Waals surface area contributed by atoms with Gasteiger partial charge in [0.05, 0.1) is 43.6 Å². The minimum absolute atomic E-state index is 0.0143. The Morgan fingerprint density at radius 1 is 0.442 bits per heavy atom. The maximum Gasteiger partial charge on any atom is 0.200 e. The molecule has 0 N–H and O–H groups in total. The molecule has 5 heterocycles. The summed E-state index contributed by atoms with van der Waals surface area (Å²) in [6.45, 7) is 24.4. The fraction of sp³-hybridized carbons (Fsp3) is 0.215. The molecule has 15 aromatic rings. The van der Waals surface area contributed by atoms with Crippen molar-refractivity contribution in [2.24, 2.45) is 0 Å². The van der Waals surface area contributed by atoms with Crippen LogP contribution in [0.2, 0.25) is 0 Å². The second-order valence-corrected chi connectivity index (χ2v) is 27.4. The predicted molar refractivity (Wildman–Crippen MR) is 357 cm³/mol. The van der Waals surface area contributed by atoms with Crippen molar-refractivity contribution in [3.63, 3.8) is 0 Å². The maximum atomic E-state index is 15.4. The van der Waals surface area contributed by atoms with Crippen molar-refractivity contribution in [1.82, 2.24) is 9.13 Å². The molecule has 0 bridgehead atoms. The molecular formula is C79H66N2O5. The van der Waals surface area contributed by atoms with Crippen LogP contribution >= 0.6 is 0 Å². The zero-order valence-electron chi connectivity index (χ0n) is 50.5. The summed E-state index contributed by atoms with van der Waals surface area (Å²) < 4.78 is 25.1. The number of aromatic nitrogens is 2. The van der Waals surface area contributed by atoms with E-state index in [-0.39, 0.29) is 38.9 Å². The predicted octanol–water partition coefficient (Wildman–Crippen LogP) is 20.7. The monoisotopic (exact) mass is 1120 g/mol. The Morgan fingerprint density at radius 3 is 1.81 bits per heavy atom. The third-order valence-electron chi connectivity index (χ3n) is 19.2. The third-order valence-corrected chi connectivity index (χ3v) is 19.2. The van der Waals surface area contributed by atoms with Crippen molar-refractivity contribution < 1.29 is 13.3 Å². The van der Waals surface area contributed by atoms with E-state index in [4.69, 9.17) is 13.3 Å². The minimum atomic E-state index is -0.285. The van der Waals surface area contributed by atoms with Gasteiger partial charge in [0.25, 0.3) is 0 Å². The van der Waals surface area contributed by atoms with Crippen LogP contribution in [0.1, 0.15) is 127 Å². The molecule has 422 valence electrons. The lowest BCUT2D eigenvalue weighted by Gasteiger charge is -2.26. The molecule has 1 unspecified atom stereocenters. The normalized spacial score (nSPS) is 14.0. The molecule has 0 radical (unpaired) electrons. The molecule has 10 aromatic carbocycles. The summed E-state index contributed by atoms with van der Waals surface area (Å²) in [5, 5.41) is 9.19. The standard InChI is InChI=1S/C79H66N2O5/c1-42(2)48-30-31-49(71-74(82)56-29-25-46(39-67(56)86-76(48)71)80-61-22-16-13-19-51(61)57-40-58-52-20-14-17-23-65(52)84-68(58)41-64(57)80)43(3)34-44-24-27-54-63(35-44)81(62-33-32-53-50-18-12-15-21-59(50)79(10,11)73(53)70(54)62)47-26-28-55-66(38-47)85-69-37-45(77(4,5)6)36-60(78(7,8)9)72(69)75(55)83/h12-33,35-43H,34H2,1-11H3. The first kappa shape index (κ1) is 52.1. The van der Waals surface area contributed by atoms with Crippen molar-refractivity contribution in [3.8, 4) is 22.5 Å². The fourth-order valence-electron chi connectivity index (χ4n) is 14.9. The number of nitrogens with zero attached hydrogens (tertiary/aromatic N) is 2. The van der Waals surface area contributed by atoms with E-state index >= 15 is 4.79 Å². The quantitative estimate of drug-likeness (QED) is 0.155. The summed E-state index contributed by atoms with van der Waals surface area (Å²) in [5.74, 6) is 0.0275. The van der Waals surface area contributed by atoms with Crippen LogP contribution in [0.3, 0.4) is 0 Å². The summed E-state index contributed by atoms with van der Waals surface area (Å²) in [7, 11) is 0. The summed E-state index contributed by atoms with van der Waals surface area (Å²) >= 11 is 0. The Balaban J connectivity index is 0.847. The molecule has 0 fully saturated rings. The van der Waals surface area contributed by atoms with Gasteiger partial charge in [-0.05, 0) is 140 Å². The highest BCUT2D eigenvalue weighted by Gasteiger charge is 2.38. The van der Waals surface area contributed by atoms with Crippen molar-refractivity contribution >= 4 is 109 Å². The van der Waals surface area contributed by atoms with Gasteiger partial charge in [0.2, 0.25) is 10.9 Å². The van der Waals surface area contributed by atoms with Crippen LogP contribution in [-0.4, -0.2) is 9.13 Å². The Kier molecular flexibility index (Phi) is 10.9. The highest BCUT2D eigenvalue weighted by molar-refractivity contribution is 6.18. The lowest BCUT2D eigenvalue weighted by atomic mass is 9.79. The lowest BCUT2D eigenvalue weighted by molar-refractivity contribution is 0.567. The number of fused-ring (bicyclic) bond motifs is 17. The first-order chi connectivity index (χ1) is 41.2. The fourth-order valence-corrected chi connectivity index (χ4v) is 14.9. The second kappa shape index (κ2) is 18.0. The molecule has 5 aromatic heterocycles. The van der Waals surface area contributed by atoms with Gasteiger partial charge in [0.15, 0.2) is 0 Å². The van der Waals surface area contributed by atoms with Crippen molar-refractivity contribution in [1.29, 1.82) is 0 Å². The molecule has 1 aliphatic rings. The maximum absolute atomic E-state index is 15.4. The van der Waals surface area contributed by atoms with Crippen molar-refractivity contribution in [3.05, 3.63) is 235 Å². The zero-order valence-corrected chi connectivity index (χ0v) is 50.5. The van der Waals surface area contributed by atoms with Crippen LogP contribution in [0.15, 0.2) is 199 Å². The molecule has 1 aliphatic carbocycles. The molecule has 0 saturated heterocycles. The highest BCUT2D eigenvalue weighted by atomic mass is 16.3. The smallest absolute Gasteiger partial charge is 0.200 e. The van der Waals surface area contributed by atoms with Gasteiger partial charge in [-0.25, -0.2) is 0 Å². The van der Waals surface area contributed by atoms with Gasteiger partial charge in [-0.2, -0.15) is 0 Å². The van der Waals surface area contributed by atoms with E-state index in [1.807, 2.05) is 30.3 Å². The Morgan fingerprint density at radius 2 is 1.07 bits per heavy atom. The molecule has 7 heteroatoms. The molecular weight excluding hydrogens is 1060 g/mol. The molecule has 1 atom stereocenters. The third kappa shape index (κ3) is 7.45. The summed E-state index contributed by atoms with van der Waals surface area (Å²) in [6.07, 6.45) is 0.663. The average Bonchev–Trinajstić information content (AvgIpc) is 1.65. The summed E-state index contributed by atoms with van der Waals surface area (Å²) in [6, 6.07) is 62.2. The van der Waals surface area contributed by atoms with Crippen molar-refractivity contribution in [2.75, 3.05) is 0 Å². The van der Waals surface area contributed by atoms with E-state index in [0.717, 1.165) is 99.4 Å². The largest absolute Gasteiger partial charge is 0.456 e. The van der Waals surface area contributed by atoms with Crippen LogP contribution in [0.4, 0.5) is 0 Å². The van der Waals surface area contributed by atoms with E-state index in [2.05, 4.69) is 231 Å². The highest BCUT2D eigenvalue weighted by Crippen LogP contribution is 2.54.